The smallest absolute Gasteiger partial charge is 0.0217 e. The van der Waals surface area contributed by atoms with Gasteiger partial charge < -0.3 is 0 Å². The normalized spacial score (nSPS) is 11.2. The van der Waals surface area contributed by atoms with Crippen molar-refractivity contribution in [2.45, 2.75) is 58.3 Å². The highest BCUT2D eigenvalue weighted by molar-refractivity contribution is 7.80. The summed E-state index contributed by atoms with van der Waals surface area (Å²) in [6.45, 7) is 2.26. The van der Waals surface area contributed by atoms with Crippen LogP contribution in [0.3, 0.4) is 0 Å². The lowest BCUT2D eigenvalue weighted by atomic mass is 10.1. The van der Waals surface area contributed by atoms with Crippen molar-refractivity contribution in [2.75, 3.05) is 5.75 Å². The van der Waals surface area contributed by atoms with Gasteiger partial charge in [-0.3, -0.25) is 0 Å². The summed E-state index contributed by atoms with van der Waals surface area (Å²) in [4.78, 5) is 0. The summed E-state index contributed by atoms with van der Waals surface area (Å²) in [5.74, 6) is 0.774. The van der Waals surface area contributed by atoms with E-state index < -0.39 is 0 Å². The highest BCUT2D eigenvalue weighted by atomic mass is 32.1. The van der Waals surface area contributed by atoms with Crippen molar-refractivity contribution in [2.24, 2.45) is 0 Å². The first-order chi connectivity index (χ1) is 6.41. The molecule has 0 aromatic heterocycles. The molecule has 0 amide bonds. The first-order valence-electron chi connectivity index (χ1n) is 5.65. The van der Waals surface area contributed by atoms with Crippen LogP contribution in [0.5, 0.6) is 0 Å². The molecule has 0 saturated carbocycles. The standard InChI is InChI=1S/C12H23S/c1-2-3-4-5-6-7-8-9-10-11-12-13/h10-11H,2-9,12H2,1H3/b11-10+. The Labute approximate surface area is 89.2 Å². The van der Waals surface area contributed by atoms with Gasteiger partial charge in [-0.2, -0.15) is 0 Å². The topological polar surface area (TPSA) is 0 Å². The Balaban J connectivity index is 2.87. The summed E-state index contributed by atoms with van der Waals surface area (Å²) < 4.78 is 0. The SMILES string of the molecule is CCCCCCCCC/C=C/C[S]. The van der Waals surface area contributed by atoms with Crippen molar-refractivity contribution in [3.63, 3.8) is 0 Å². The van der Waals surface area contributed by atoms with Gasteiger partial charge in [-0.25, -0.2) is 0 Å². The van der Waals surface area contributed by atoms with Crippen molar-refractivity contribution < 1.29 is 0 Å². The summed E-state index contributed by atoms with van der Waals surface area (Å²) in [5, 5.41) is 0. The fourth-order valence-corrected chi connectivity index (χ4v) is 1.54. The highest BCUT2D eigenvalue weighted by Gasteiger charge is 1.88. The van der Waals surface area contributed by atoms with Crippen molar-refractivity contribution in [1.82, 2.24) is 0 Å². The summed E-state index contributed by atoms with van der Waals surface area (Å²) in [6, 6.07) is 0. The first-order valence-corrected chi connectivity index (χ1v) is 6.22. The lowest BCUT2D eigenvalue weighted by molar-refractivity contribution is 0.592. The average Bonchev–Trinajstić information content (AvgIpc) is 2.16. The van der Waals surface area contributed by atoms with Crippen LogP contribution in [0.2, 0.25) is 0 Å². The van der Waals surface area contributed by atoms with Crippen molar-refractivity contribution in [3.05, 3.63) is 12.2 Å². The van der Waals surface area contributed by atoms with Crippen LogP contribution in [-0.4, -0.2) is 5.75 Å². The Bertz CT molecular complexity index is 108. The van der Waals surface area contributed by atoms with Gasteiger partial charge in [0, 0.05) is 5.75 Å². The maximum absolute atomic E-state index is 4.81. The zero-order valence-corrected chi connectivity index (χ0v) is 9.74. The van der Waals surface area contributed by atoms with Gasteiger partial charge in [0.25, 0.3) is 0 Å². The molecular formula is C12H23S. The molecule has 0 saturated heterocycles. The quantitative estimate of drug-likeness (QED) is 0.367. The number of rotatable bonds is 9. The summed E-state index contributed by atoms with van der Waals surface area (Å²) in [6.07, 6.45) is 15.3. The van der Waals surface area contributed by atoms with Gasteiger partial charge >= 0.3 is 0 Å². The van der Waals surface area contributed by atoms with E-state index in [4.69, 9.17) is 12.6 Å². The van der Waals surface area contributed by atoms with E-state index in [1.54, 1.807) is 0 Å². The lowest BCUT2D eigenvalue weighted by Crippen LogP contribution is -1.78. The molecule has 13 heavy (non-hydrogen) atoms. The van der Waals surface area contributed by atoms with E-state index in [1.807, 2.05) is 0 Å². The van der Waals surface area contributed by atoms with Gasteiger partial charge in [0.1, 0.15) is 0 Å². The van der Waals surface area contributed by atoms with E-state index in [0.717, 1.165) is 5.75 Å². The van der Waals surface area contributed by atoms with Crippen LogP contribution in [0.1, 0.15) is 58.3 Å². The Morgan fingerprint density at radius 3 is 2.08 bits per heavy atom. The average molecular weight is 199 g/mol. The first kappa shape index (κ1) is 13.1. The van der Waals surface area contributed by atoms with Gasteiger partial charge in [0.2, 0.25) is 0 Å². The Morgan fingerprint density at radius 2 is 1.46 bits per heavy atom. The Hall–Kier alpha value is 0.0900. The van der Waals surface area contributed by atoms with E-state index in [9.17, 15) is 0 Å². The second-order valence-electron chi connectivity index (χ2n) is 3.55. The molecule has 0 heterocycles. The number of hydrogen-bond donors (Lipinski definition) is 0. The van der Waals surface area contributed by atoms with Gasteiger partial charge in [-0.05, 0) is 12.8 Å². The third kappa shape index (κ3) is 12.1. The molecule has 0 aliphatic heterocycles. The molecule has 1 heteroatoms. The zero-order valence-electron chi connectivity index (χ0n) is 8.93. The molecule has 0 aromatic rings. The molecule has 0 aliphatic carbocycles. The molecule has 0 bridgehead atoms. The third-order valence-corrected chi connectivity index (χ3v) is 2.43. The second kappa shape index (κ2) is 12.1. The van der Waals surface area contributed by atoms with Crippen molar-refractivity contribution in [1.29, 1.82) is 0 Å². The van der Waals surface area contributed by atoms with Gasteiger partial charge in [-0.15, -0.1) is 0 Å². The van der Waals surface area contributed by atoms with E-state index in [-0.39, 0.29) is 0 Å². The largest absolute Gasteiger partial charge is 0.0897 e. The molecule has 0 N–H and O–H groups in total. The predicted molar refractivity (Wildman–Crippen MR) is 64.2 cm³/mol. The monoisotopic (exact) mass is 199 g/mol. The fraction of sp³-hybridized carbons (Fsp3) is 0.833. The molecular weight excluding hydrogens is 176 g/mol. The summed E-state index contributed by atoms with van der Waals surface area (Å²) >= 11 is 4.81. The van der Waals surface area contributed by atoms with Gasteiger partial charge in [0.05, 0.1) is 0 Å². The lowest BCUT2D eigenvalue weighted by Gasteiger charge is -1.98. The van der Waals surface area contributed by atoms with Crippen molar-refractivity contribution in [3.8, 4) is 0 Å². The third-order valence-electron chi connectivity index (χ3n) is 2.24. The Kier molecular flexibility index (Phi) is 12.2. The van der Waals surface area contributed by atoms with Gasteiger partial charge in [-0.1, -0.05) is 70.2 Å². The molecule has 0 spiro atoms. The van der Waals surface area contributed by atoms with Crippen LogP contribution in [0, 0.1) is 0 Å². The maximum atomic E-state index is 4.81. The maximum Gasteiger partial charge on any atom is 0.0217 e. The molecule has 0 rings (SSSR count). The van der Waals surface area contributed by atoms with E-state index in [0.29, 0.717) is 0 Å². The van der Waals surface area contributed by atoms with Crippen LogP contribution in [0.15, 0.2) is 12.2 Å². The summed E-state index contributed by atoms with van der Waals surface area (Å²) in [7, 11) is 0. The molecule has 1 radical (unpaired) electrons. The summed E-state index contributed by atoms with van der Waals surface area (Å²) in [5.41, 5.74) is 0. The minimum atomic E-state index is 0.774. The van der Waals surface area contributed by atoms with E-state index in [1.165, 1.54) is 51.4 Å². The van der Waals surface area contributed by atoms with Crippen molar-refractivity contribution >= 4 is 12.6 Å². The molecule has 0 unspecified atom stereocenters. The van der Waals surface area contributed by atoms with Crippen LogP contribution in [0.25, 0.3) is 0 Å². The van der Waals surface area contributed by atoms with E-state index in [2.05, 4.69) is 19.1 Å². The molecule has 0 atom stereocenters. The van der Waals surface area contributed by atoms with Crippen LogP contribution in [0.4, 0.5) is 0 Å². The van der Waals surface area contributed by atoms with Crippen LogP contribution >= 0.6 is 12.6 Å². The number of allylic oxidation sites excluding steroid dienone is 1. The van der Waals surface area contributed by atoms with Gasteiger partial charge in [0.15, 0.2) is 0 Å². The molecule has 77 valence electrons. The highest BCUT2D eigenvalue weighted by Crippen LogP contribution is 2.08. The molecule has 0 aromatic carbocycles. The van der Waals surface area contributed by atoms with Crippen LogP contribution < -0.4 is 0 Å². The zero-order chi connectivity index (χ0) is 9.78. The number of hydrogen-bond acceptors (Lipinski definition) is 0. The minimum absolute atomic E-state index is 0.774. The van der Waals surface area contributed by atoms with Crippen LogP contribution in [-0.2, 0) is 0 Å². The molecule has 0 aliphatic rings. The predicted octanol–water partition coefficient (Wildman–Crippen LogP) is 4.88. The Morgan fingerprint density at radius 1 is 0.846 bits per heavy atom. The second-order valence-corrected chi connectivity index (χ2v) is 3.88. The fourth-order valence-electron chi connectivity index (χ4n) is 1.41. The molecule has 0 nitrogen and oxygen atoms in total. The number of unbranched alkanes of at least 4 members (excludes halogenated alkanes) is 7. The van der Waals surface area contributed by atoms with E-state index >= 15 is 0 Å². The minimum Gasteiger partial charge on any atom is -0.0897 e. The molecule has 0 fully saturated rings.